The zero-order valence-electron chi connectivity index (χ0n) is 9.08. The van der Waals surface area contributed by atoms with Gasteiger partial charge in [0.2, 0.25) is 0 Å². The number of carbonyl (C=O) groups excluding carboxylic acids is 1. The third-order valence-corrected chi connectivity index (χ3v) is 1.83. The molecule has 1 amide bonds. The number of aryl methyl sites for hydroxylation is 1. The molecule has 17 heavy (non-hydrogen) atoms. The van der Waals surface area contributed by atoms with Gasteiger partial charge in [-0.15, -0.1) is 0 Å². The fraction of sp³-hybridized carbons (Fsp3) is 0.200. The standard InChI is InChI=1S/C10H11N3O4/c1-13-8(14)5-4-7(12-13)10(17)11-6-2-3-9(15)16/h2-5H,6H2,1H3,(H,11,17)(H,15,16)/b3-2+. The molecule has 0 aliphatic rings. The van der Waals surface area contributed by atoms with Crippen molar-refractivity contribution in [1.29, 1.82) is 0 Å². The van der Waals surface area contributed by atoms with Crippen LogP contribution in [0.2, 0.25) is 0 Å². The molecule has 0 aliphatic carbocycles. The summed E-state index contributed by atoms with van der Waals surface area (Å²) >= 11 is 0. The predicted molar refractivity (Wildman–Crippen MR) is 58.6 cm³/mol. The molecule has 0 unspecified atom stereocenters. The molecule has 1 aromatic rings. The summed E-state index contributed by atoms with van der Waals surface area (Å²) in [5.74, 6) is -1.56. The van der Waals surface area contributed by atoms with E-state index in [4.69, 9.17) is 5.11 Å². The molecule has 7 heteroatoms. The van der Waals surface area contributed by atoms with E-state index in [0.29, 0.717) is 0 Å². The van der Waals surface area contributed by atoms with E-state index in [1.165, 1.54) is 25.3 Å². The van der Waals surface area contributed by atoms with Gasteiger partial charge in [0, 0.05) is 25.7 Å². The Balaban J connectivity index is 2.61. The highest BCUT2D eigenvalue weighted by Crippen LogP contribution is 1.89. The van der Waals surface area contributed by atoms with E-state index < -0.39 is 11.9 Å². The quantitative estimate of drug-likeness (QED) is 0.664. The van der Waals surface area contributed by atoms with Crippen LogP contribution in [-0.2, 0) is 11.8 Å². The maximum atomic E-state index is 11.5. The lowest BCUT2D eigenvalue weighted by Gasteiger charge is -2.02. The maximum Gasteiger partial charge on any atom is 0.328 e. The van der Waals surface area contributed by atoms with Gasteiger partial charge in [-0.05, 0) is 6.07 Å². The number of nitrogens with zero attached hydrogens (tertiary/aromatic N) is 2. The first-order chi connectivity index (χ1) is 8.00. The number of hydrogen-bond acceptors (Lipinski definition) is 4. The van der Waals surface area contributed by atoms with E-state index in [-0.39, 0.29) is 17.8 Å². The van der Waals surface area contributed by atoms with Crippen molar-refractivity contribution in [3.63, 3.8) is 0 Å². The van der Waals surface area contributed by atoms with Crippen LogP contribution in [0, 0.1) is 0 Å². The van der Waals surface area contributed by atoms with Crippen LogP contribution in [-0.4, -0.2) is 33.3 Å². The van der Waals surface area contributed by atoms with Crippen LogP contribution in [0.4, 0.5) is 0 Å². The van der Waals surface area contributed by atoms with Gasteiger partial charge >= 0.3 is 5.97 Å². The second kappa shape index (κ2) is 5.59. The molecule has 0 spiro atoms. The van der Waals surface area contributed by atoms with Crippen molar-refractivity contribution in [2.24, 2.45) is 7.05 Å². The number of aromatic nitrogens is 2. The van der Waals surface area contributed by atoms with Gasteiger partial charge in [0.05, 0.1) is 0 Å². The smallest absolute Gasteiger partial charge is 0.328 e. The summed E-state index contributed by atoms with van der Waals surface area (Å²) < 4.78 is 1.04. The fourth-order valence-corrected chi connectivity index (χ4v) is 1.03. The highest BCUT2D eigenvalue weighted by Gasteiger charge is 2.06. The van der Waals surface area contributed by atoms with Crippen LogP contribution in [0.3, 0.4) is 0 Å². The van der Waals surface area contributed by atoms with E-state index >= 15 is 0 Å². The van der Waals surface area contributed by atoms with Crippen LogP contribution in [0.15, 0.2) is 29.1 Å². The van der Waals surface area contributed by atoms with Crippen molar-refractivity contribution in [2.45, 2.75) is 0 Å². The van der Waals surface area contributed by atoms with E-state index in [2.05, 4.69) is 10.4 Å². The van der Waals surface area contributed by atoms with E-state index in [9.17, 15) is 14.4 Å². The SMILES string of the molecule is Cn1nc(C(=O)NC/C=C/C(=O)O)ccc1=O. The summed E-state index contributed by atoms with van der Waals surface area (Å²) in [4.78, 5) is 32.7. The lowest BCUT2D eigenvalue weighted by atomic mass is 10.3. The van der Waals surface area contributed by atoms with E-state index in [0.717, 1.165) is 10.8 Å². The number of hydrogen-bond donors (Lipinski definition) is 2. The zero-order chi connectivity index (χ0) is 12.8. The molecule has 0 atom stereocenters. The number of nitrogens with one attached hydrogen (secondary N) is 1. The van der Waals surface area contributed by atoms with Gasteiger partial charge in [0.15, 0.2) is 0 Å². The molecule has 0 aliphatic heterocycles. The summed E-state index contributed by atoms with van der Waals surface area (Å²) in [6.45, 7) is 0.0790. The summed E-state index contributed by atoms with van der Waals surface area (Å²) in [7, 11) is 1.43. The lowest BCUT2D eigenvalue weighted by Crippen LogP contribution is -2.28. The molecular weight excluding hydrogens is 226 g/mol. The van der Waals surface area contributed by atoms with Crippen LogP contribution in [0.5, 0.6) is 0 Å². The van der Waals surface area contributed by atoms with Gasteiger partial charge in [-0.3, -0.25) is 9.59 Å². The van der Waals surface area contributed by atoms with E-state index in [1.54, 1.807) is 0 Å². The molecular formula is C10H11N3O4. The molecule has 90 valence electrons. The van der Waals surface area contributed by atoms with Gasteiger partial charge in [0.25, 0.3) is 11.5 Å². The summed E-state index contributed by atoms with van der Waals surface area (Å²) in [6, 6.07) is 2.54. The van der Waals surface area contributed by atoms with Gasteiger partial charge in [-0.25, -0.2) is 9.48 Å². The molecule has 1 rings (SSSR count). The minimum atomic E-state index is -1.08. The number of carboxylic acid groups (broad SMARTS) is 1. The number of carboxylic acids is 1. The topological polar surface area (TPSA) is 101 Å². The summed E-state index contributed by atoms with van der Waals surface area (Å²) in [6.07, 6.45) is 2.22. The first-order valence-corrected chi connectivity index (χ1v) is 4.72. The monoisotopic (exact) mass is 237 g/mol. The average molecular weight is 237 g/mol. The highest BCUT2D eigenvalue weighted by molar-refractivity contribution is 5.92. The predicted octanol–water partition coefficient (Wildman–Crippen LogP) is -0.849. The Bertz CT molecular complexity index is 519. The highest BCUT2D eigenvalue weighted by atomic mass is 16.4. The molecule has 7 nitrogen and oxygen atoms in total. The number of amides is 1. The first-order valence-electron chi connectivity index (χ1n) is 4.72. The van der Waals surface area contributed by atoms with Crippen LogP contribution in [0.1, 0.15) is 10.5 Å². The van der Waals surface area contributed by atoms with Crippen molar-refractivity contribution >= 4 is 11.9 Å². The molecule has 0 fully saturated rings. The van der Waals surface area contributed by atoms with Crippen molar-refractivity contribution in [3.05, 3.63) is 40.3 Å². The summed E-state index contributed by atoms with van der Waals surface area (Å²) in [5, 5.41) is 14.5. The Morgan fingerprint density at radius 3 is 2.82 bits per heavy atom. The Hall–Kier alpha value is -2.44. The first kappa shape index (κ1) is 12.6. The minimum Gasteiger partial charge on any atom is -0.478 e. The van der Waals surface area contributed by atoms with Gasteiger partial charge in [0.1, 0.15) is 5.69 Å². The minimum absolute atomic E-state index is 0.0790. The largest absolute Gasteiger partial charge is 0.478 e. The van der Waals surface area contributed by atoms with Crippen molar-refractivity contribution in [1.82, 2.24) is 15.1 Å². The Labute approximate surface area is 96.4 Å². The number of aliphatic carboxylic acids is 1. The Morgan fingerprint density at radius 2 is 2.24 bits per heavy atom. The van der Waals surface area contributed by atoms with Gasteiger partial charge < -0.3 is 10.4 Å². The van der Waals surface area contributed by atoms with Gasteiger partial charge in [-0.1, -0.05) is 6.08 Å². The number of rotatable bonds is 4. The van der Waals surface area contributed by atoms with Crippen molar-refractivity contribution in [2.75, 3.05) is 6.54 Å². The third kappa shape index (κ3) is 3.90. The molecule has 2 N–H and O–H groups in total. The van der Waals surface area contributed by atoms with Crippen molar-refractivity contribution < 1.29 is 14.7 Å². The van der Waals surface area contributed by atoms with E-state index in [1.807, 2.05) is 0 Å². The second-order valence-electron chi connectivity index (χ2n) is 3.13. The molecule has 1 heterocycles. The summed E-state index contributed by atoms with van der Waals surface area (Å²) in [5.41, 5.74) is -0.219. The molecule has 0 aromatic carbocycles. The molecule has 0 radical (unpaired) electrons. The zero-order valence-corrected chi connectivity index (χ0v) is 9.08. The number of carbonyl (C=O) groups is 2. The second-order valence-corrected chi connectivity index (χ2v) is 3.13. The van der Waals surface area contributed by atoms with Crippen LogP contribution in [0.25, 0.3) is 0 Å². The maximum absolute atomic E-state index is 11.5. The molecule has 1 aromatic heterocycles. The molecule has 0 saturated heterocycles. The third-order valence-electron chi connectivity index (χ3n) is 1.83. The Kier molecular flexibility index (Phi) is 4.15. The average Bonchev–Trinajstić information content (AvgIpc) is 2.27. The Morgan fingerprint density at radius 1 is 1.53 bits per heavy atom. The molecule has 0 bridgehead atoms. The van der Waals surface area contributed by atoms with Crippen LogP contribution < -0.4 is 10.9 Å². The molecule has 0 saturated carbocycles. The van der Waals surface area contributed by atoms with Crippen LogP contribution >= 0.6 is 0 Å². The fourth-order valence-electron chi connectivity index (χ4n) is 1.03. The van der Waals surface area contributed by atoms with Crippen molar-refractivity contribution in [3.8, 4) is 0 Å². The normalized spacial score (nSPS) is 10.4. The van der Waals surface area contributed by atoms with Gasteiger partial charge in [-0.2, -0.15) is 5.10 Å². The lowest BCUT2D eigenvalue weighted by molar-refractivity contribution is -0.131.